The van der Waals surface area contributed by atoms with Gasteiger partial charge in [-0.2, -0.15) is 0 Å². The van der Waals surface area contributed by atoms with Crippen molar-refractivity contribution in [2.24, 2.45) is 0 Å². The van der Waals surface area contributed by atoms with Crippen LogP contribution in [0.25, 0.3) is 6.08 Å². The van der Waals surface area contributed by atoms with Crippen LogP contribution in [-0.2, 0) is 17.9 Å². The molecule has 3 rings (SSSR count). The summed E-state index contributed by atoms with van der Waals surface area (Å²) in [5, 5.41) is 0.918. The van der Waals surface area contributed by atoms with Gasteiger partial charge in [-0.25, -0.2) is 0 Å². The molecular weight excluding hydrogens is 361 g/mol. The molecule has 0 saturated carbocycles. The van der Waals surface area contributed by atoms with E-state index in [1.54, 1.807) is 53.8 Å². The van der Waals surface area contributed by atoms with Gasteiger partial charge in [0.25, 0.3) is 0 Å². The summed E-state index contributed by atoms with van der Waals surface area (Å²) in [6, 6.07) is 12.4. The van der Waals surface area contributed by atoms with Gasteiger partial charge in [-0.15, -0.1) is 0 Å². The molecule has 0 aliphatic carbocycles. The molecule has 0 aliphatic rings. The Morgan fingerprint density at radius 3 is 2.12 bits per heavy atom. The summed E-state index contributed by atoms with van der Waals surface area (Å²) in [5.41, 5.74) is 0.790. The molecule has 1 aromatic carbocycles. The molecule has 2 heterocycles. The highest BCUT2D eigenvalue weighted by molar-refractivity contribution is 6.42. The zero-order valence-corrected chi connectivity index (χ0v) is 14.7. The molecule has 1 amide bonds. The van der Waals surface area contributed by atoms with E-state index >= 15 is 0 Å². The number of carbonyl (C=O) groups is 1. The molecule has 0 saturated heterocycles. The fourth-order valence-electron chi connectivity index (χ4n) is 2.28. The van der Waals surface area contributed by atoms with Crippen LogP contribution in [0.5, 0.6) is 0 Å². The number of benzene rings is 1. The van der Waals surface area contributed by atoms with E-state index < -0.39 is 0 Å². The Bertz CT molecular complexity index is 819. The number of hydrogen-bond donors (Lipinski definition) is 0. The number of carbonyl (C=O) groups excluding carboxylic acids is 1. The van der Waals surface area contributed by atoms with Crippen LogP contribution >= 0.6 is 23.2 Å². The van der Waals surface area contributed by atoms with Crippen LogP contribution in [-0.4, -0.2) is 10.8 Å². The molecule has 4 nitrogen and oxygen atoms in total. The molecule has 6 heteroatoms. The highest BCUT2D eigenvalue weighted by atomic mass is 35.5. The first-order valence-corrected chi connectivity index (χ1v) is 8.34. The van der Waals surface area contributed by atoms with Gasteiger partial charge in [-0.3, -0.25) is 4.79 Å². The molecule has 0 spiro atoms. The van der Waals surface area contributed by atoms with Crippen LogP contribution in [0.3, 0.4) is 0 Å². The Labute approximate surface area is 155 Å². The molecule has 0 unspecified atom stereocenters. The Morgan fingerprint density at radius 2 is 1.60 bits per heavy atom. The predicted molar refractivity (Wildman–Crippen MR) is 97.2 cm³/mol. The third-order valence-corrected chi connectivity index (χ3v) is 4.27. The predicted octanol–water partition coefficient (Wildman–Crippen LogP) is 5.42. The summed E-state index contributed by atoms with van der Waals surface area (Å²) in [6.45, 7) is 0.691. The van der Waals surface area contributed by atoms with Crippen molar-refractivity contribution in [1.29, 1.82) is 0 Å². The lowest BCUT2D eigenvalue weighted by Gasteiger charge is -2.18. The number of furan rings is 2. The molecule has 128 valence electrons. The van der Waals surface area contributed by atoms with Gasteiger partial charge in [0.2, 0.25) is 5.91 Å². The van der Waals surface area contributed by atoms with Crippen LogP contribution in [0, 0.1) is 0 Å². The maximum Gasteiger partial charge on any atom is 0.247 e. The third kappa shape index (κ3) is 4.78. The molecule has 0 radical (unpaired) electrons. The minimum Gasteiger partial charge on any atom is -0.467 e. The number of amides is 1. The van der Waals surface area contributed by atoms with Crippen LogP contribution in [0.2, 0.25) is 10.0 Å². The summed E-state index contributed by atoms with van der Waals surface area (Å²) in [5.74, 6) is 1.23. The second-order valence-corrected chi connectivity index (χ2v) is 6.17. The minimum absolute atomic E-state index is 0.168. The number of rotatable bonds is 6. The van der Waals surface area contributed by atoms with Crippen molar-refractivity contribution in [1.82, 2.24) is 4.90 Å². The van der Waals surface area contributed by atoms with Crippen molar-refractivity contribution < 1.29 is 13.6 Å². The van der Waals surface area contributed by atoms with E-state index in [-0.39, 0.29) is 5.91 Å². The lowest BCUT2D eigenvalue weighted by Crippen LogP contribution is -2.28. The molecule has 0 fully saturated rings. The van der Waals surface area contributed by atoms with Crippen LogP contribution in [0.15, 0.2) is 69.9 Å². The molecular formula is C19H15Cl2NO3. The van der Waals surface area contributed by atoms with Gasteiger partial charge >= 0.3 is 0 Å². The Hall–Kier alpha value is -2.43. The Balaban J connectivity index is 1.75. The average molecular weight is 376 g/mol. The van der Waals surface area contributed by atoms with Gasteiger partial charge < -0.3 is 13.7 Å². The molecule has 0 atom stereocenters. The van der Waals surface area contributed by atoms with E-state index in [9.17, 15) is 4.79 Å². The maximum atomic E-state index is 12.6. The first-order chi connectivity index (χ1) is 12.1. The Morgan fingerprint density at radius 1 is 0.960 bits per heavy atom. The van der Waals surface area contributed by atoms with Crippen LogP contribution in [0.4, 0.5) is 0 Å². The first-order valence-electron chi connectivity index (χ1n) is 7.58. The van der Waals surface area contributed by atoms with E-state index in [0.717, 1.165) is 5.56 Å². The standard InChI is InChI=1S/C19H15Cl2NO3/c20-17-7-5-14(11-18(17)21)6-8-19(23)22(12-15-3-1-9-24-15)13-16-4-2-10-25-16/h1-11H,12-13H2/b8-6+. The zero-order chi connectivity index (χ0) is 17.6. The van der Waals surface area contributed by atoms with Gasteiger partial charge in [0.15, 0.2) is 0 Å². The highest BCUT2D eigenvalue weighted by Crippen LogP contribution is 2.23. The first kappa shape index (κ1) is 17.4. The van der Waals surface area contributed by atoms with E-state index in [2.05, 4.69) is 0 Å². The van der Waals surface area contributed by atoms with Crippen molar-refractivity contribution in [2.45, 2.75) is 13.1 Å². The summed E-state index contributed by atoms with van der Waals surface area (Å²) < 4.78 is 10.7. The molecule has 0 N–H and O–H groups in total. The average Bonchev–Trinajstić information content (AvgIpc) is 3.29. The summed E-state index contributed by atoms with van der Waals surface area (Å²) in [6.07, 6.45) is 6.35. The van der Waals surface area contributed by atoms with Gasteiger partial charge in [0.05, 0.1) is 35.7 Å². The second-order valence-electron chi connectivity index (χ2n) is 5.36. The van der Waals surface area contributed by atoms with Crippen molar-refractivity contribution in [3.8, 4) is 0 Å². The SMILES string of the molecule is O=C(/C=C/c1ccc(Cl)c(Cl)c1)N(Cc1ccco1)Cc1ccco1. The number of halogens is 2. The monoisotopic (exact) mass is 375 g/mol. The van der Waals surface area contributed by atoms with Crippen molar-refractivity contribution in [3.05, 3.63) is 88.2 Å². The van der Waals surface area contributed by atoms with Crippen molar-refractivity contribution in [2.75, 3.05) is 0 Å². The van der Waals surface area contributed by atoms with E-state index in [1.807, 2.05) is 12.1 Å². The number of hydrogen-bond acceptors (Lipinski definition) is 3. The van der Waals surface area contributed by atoms with Gasteiger partial charge in [0, 0.05) is 6.08 Å². The van der Waals surface area contributed by atoms with E-state index in [0.29, 0.717) is 34.7 Å². The third-order valence-electron chi connectivity index (χ3n) is 3.53. The van der Waals surface area contributed by atoms with E-state index in [4.69, 9.17) is 32.0 Å². The van der Waals surface area contributed by atoms with Gasteiger partial charge in [0.1, 0.15) is 11.5 Å². The summed E-state index contributed by atoms with van der Waals surface area (Å²) in [4.78, 5) is 14.2. The largest absolute Gasteiger partial charge is 0.467 e. The van der Waals surface area contributed by atoms with Gasteiger partial charge in [-0.05, 0) is 48.0 Å². The smallest absolute Gasteiger partial charge is 0.247 e. The van der Waals surface area contributed by atoms with Crippen LogP contribution in [0.1, 0.15) is 17.1 Å². The fraction of sp³-hybridized carbons (Fsp3) is 0.105. The maximum absolute atomic E-state index is 12.6. The quantitative estimate of drug-likeness (QED) is 0.540. The van der Waals surface area contributed by atoms with Crippen molar-refractivity contribution in [3.63, 3.8) is 0 Å². The van der Waals surface area contributed by atoms with Crippen LogP contribution < -0.4 is 0 Å². The van der Waals surface area contributed by atoms with Crippen molar-refractivity contribution >= 4 is 35.2 Å². The minimum atomic E-state index is -0.168. The molecule has 25 heavy (non-hydrogen) atoms. The molecule has 2 aromatic heterocycles. The highest BCUT2D eigenvalue weighted by Gasteiger charge is 2.15. The normalized spacial score (nSPS) is 11.1. The second kappa shape index (κ2) is 8.10. The fourth-order valence-corrected chi connectivity index (χ4v) is 2.59. The summed E-state index contributed by atoms with van der Waals surface area (Å²) >= 11 is 11.9. The molecule has 0 aliphatic heterocycles. The Kier molecular flexibility index (Phi) is 5.64. The topological polar surface area (TPSA) is 46.6 Å². The van der Waals surface area contributed by atoms with E-state index in [1.165, 1.54) is 6.08 Å². The van der Waals surface area contributed by atoms with Gasteiger partial charge in [-0.1, -0.05) is 29.3 Å². The lowest BCUT2D eigenvalue weighted by molar-refractivity contribution is -0.127. The summed E-state index contributed by atoms with van der Waals surface area (Å²) in [7, 11) is 0. The molecule has 0 bridgehead atoms. The lowest BCUT2D eigenvalue weighted by atomic mass is 10.2. The zero-order valence-electron chi connectivity index (χ0n) is 13.2. The molecule has 3 aromatic rings. The number of nitrogens with zero attached hydrogens (tertiary/aromatic N) is 1.